The van der Waals surface area contributed by atoms with Gasteiger partial charge in [-0.3, -0.25) is 0 Å². The number of methoxy groups -OCH3 is 2. The summed E-state index contributed by atoms with van der Waals surface area (Å²) in [5, 5.41) is 0. The Hall–Kier alpha value is -1.72. The van der Waals surface area contributed by atoms with Gasteiger partial charge in [0.15, 0.2) is 0 Å². The maximum atomic E-state index is 6.09. The predicted octanol–water partition coefficient (Wildman–Crippen LogP) is 3.03. The predicted molar refractivity (Wildman–Crippen MR) is 82.2 cm³/mol. The third-order valence-electron chi connectivity index (χ3n) is 4.08. The van der Waals surface area contributed by atoms with Gasteiger partial charge in [0, 0.05) is 25.3 Å². The van der Waals surface area contributed by atoms with Crippen molar-refractivity contribution in [2.45, 2.75) is 11.6 Å². The molecule has 22 heavy (non-hydrogen) atoms. The van der Waals surface area contributed by atoms with E-state index in [1.807, 2.05) is 60.7 Å². The van der Waals surface area contributed by atoms with E-state index in [1.54, 1.807) is 14.2 Å². The summed E-state index contributed by atoms with van der Waals surface area (Å²) in [5.41, 5.74) is 1.85. The minimum absolute atomic E-state index is 0.246. The van der Waals surface area contributed by atoms with Gasteiger partial charge < -0.3 is 18.9 Å². The quantitative estimate of drug-likeness (QED) is 0.869. The molecule has 0 amide bonds. The van der Waals surface area contributed by atoms with Crippen molar-refractivity contribution >= 4 is 0 Å². The molecule has 0 spiro atoms. The van der Waals surface area contributed by atoms with Gasteiger partial charge in [-0.15, -0.1) is 0 Å². The third-order valence-corrected chi connectivity index (χ3v) is 4.08. The van der Waals surface area contributed by atoms with Gasteiger partial charge in [0.1, 0.15) is 13.2 Å². The molecule has 0 aromatic heterocycles. The molecule has 116 valence electrons. The molecule has 0 N–H and O–H groups in total. The van der Waals surface area contributed by atoms with E-state index in [0.717, 1.165) is 11.1 Å². The molecule has 1 saturated heterocycles. The van der Waals surface area contributed by atoms with Gasteiger partial charge in [0.25, 0.3) is 0 Å². The van der Waals surface area contributed by atoms with Gasteiger partial charge in [0.2, 0.25) is 11.6 Å². The zero-order chi connectivity index (χ0) is 15.5. The molecule has 2 aromatic carbocycles. The van der Waals surface area contributed by atoms with Crippen molar-refractivity contribution < 1.29 is 18.9 Å². The van der Waals surface area contributed by atoms with E-state index in [1.165, 1.54) is 0 Å². The van der Waals surface area contributed by atoms with E-state index in [4.69, 9.17) is 18.9 Å². The van der Waals surface area contributed by atoms with Crippen LogP contribution in [-0.4, -0.2) is 27.4 Å². The van der Waals surface area contributed by atoms with Crippen LogP contribution in [-0.2, 0) is 30.5 Å². The molecule has 0 aliphatic carbocycles. The first-order valence-corrected chi connectivity index (χ1v) is 7.24. The van der Waals surface area contributed by atoms with Gasteiger partial charge in [-0.1, -0.05) is 60.7 Å². The fourth-order valence-electron chi connectivity index (χ4n) is 2.70. The fraction of sp³-hybridized carbons (Fsp3) is 0.333. The summed E-state index contributed by atoms with van der Waals surface area (Å²) in [4.78, 5) is 0. The van der Waals surface area contributed by atoms with Gasteiger partial charge in [0.05, 0.1) is 0 Å². The van der Waals surface area contributed by atoms with Crippen LogP contribution in [0.3, 0.4) is 0 Å². The van der Waals surface area contributed by atoms with E-state index >= 15 is 0 Å². The lowest BCUT2D eigenvalue weighted by Gasteiger charge is -2.44. The Morgan fingerprint density at radius 2 is 1.05 bits per heavy atom. The first kappa shape index (κ1) is 15.2. The number of hydrogen-bond donors (Lipinski definition) is 0. The first-order valence-electron chi connectivity index (χ1n) is 7.24. The normalized spacial score (nSPS) is 28.5. The van der Waals surface area contributed by atoms with E-state index in [-0.39, 0.29) is 13.2 Å². The second kappa shape index (κ2) is 6.18. The smallest absolute Gasteiger partial charge is 0.219 e. The molecular weight excluding hydrogens is 280 g/mol. The second-order valence-electron chi connectivity index (χ2n) is 5.22. The number of benzene rings is 2. The Kier molecular flexibility index (Phi) is 4.27. The topological polar surface area (TPSA) is 36.9 Å². The molecule has 2 atom stereocenters. The van der Waals surface area contributed by atoms with Gasteiger partial charge in [-0.25, -0.2) is 0 Å². The Labute approximate surface area is 130 Å². The number of ether oxygens (including phenoxy) is 4. The zero-order valence-electron chi connectivity index (χ0n) is 12.8. The van der Waals surface area contributed by atoms with E-state index in [2.05, 4.69) is 0 Å². The summed E-state index contributed by atoms with van der Waals surface area (Å²) in [7, 11) is 3.25. The van der Waals surface area contributed by atoms with Gasteiger partial charge in [-0.05, 0) is 0 Å². The van der Waals surface area contributed by atoms with E-state index in [9.17, 15) is 0 Å². The molecule has 2 aromatic rings. The molecule has 0 bridgehead atoms. The van der Waals surface area contributed by atoms with Crippen LogP contribution in [0.2, 0.25) is 0 Å². The minimum Gasteiger partial charge on any atom is -0.347 e. The molecule has 1 heterocycles. The monoisotopic (exact) mass is 300 g/mol. The van der Waals surface area contributed by atoms with Gasteiger partial charge >= 0.3 is 0 Å². The van der Waals surface area contributed by atoms with Crippen LogP contribution in [0.4, 0.5) is 0 Å². The van der Waals surface area contributed by atoms with Crippen LogP contribution in [0.25, 0.3) is 0 Å². The maximum Gasteiger partial charge on any atom is 0.219 e. The molecule has 1 fully saturated rings. The summed E-state index contributed by atoms with van der Waals surface area (Å²) in [5.74, 6) is -1.81. The Morgan fingerprint density at radius 3 is 1.32 bits per heavy atom. The van der Waals surface area contributed by atoms with Crippen LogP contribution >= 0.6 is 0 Å². The Bertz CT molecular complexity index is 533. The average Bonchev–Trinajstić information content (AvgIpc) is 2.63. The molecule has 0 unspecified atom stereocenters. The number of rotatable bonds is 4. The van der Waals surface area contributed by atoms with Crippen LogP contribution in [0.1, 0.15) is 11.1 Å². The SMILES string of the molecule is CO[C@]1(c2ccccc2)CO[C@@](OC)(c2ccccc2)CO1. The highest BCUT2D eigenvalue weighted by atomic mass is 16.8. The van der Waals surface area contributed by atoms with Crippen molar-refractivity contribution in [1.82, 2.24) is 0 Å². The van der Waals surface area contributed by atoms with E-state index < -0.39 is 11.6 Å². The molecule has 4 nitrogen and oxygen atoms in total. The lowest BCUT2D eigenvalue weighted by Crippen LogP contribution is -2.52. The number of hydrogen-bond acceptors (Lipinski definition) is 4. The molecule has 0 radical (unpaired) electrons. The summed E-state index contributed by atoms with van der Waals surface area (Å²) in [6.45, 7) is 0.493. The van der Waals surface area contributed by atoms with Crippen molar-refractivity contribution in [2.24, 2.45) is 0 Å². The second-order valence-corrected chi connectivity index (χ2v) is 5.22. The van der Waals surface area contributed by atoms with Crippen molar-refractivity contribution in [2.75, 3.05) is 27.4 Å². The highest BCUT2D eigenvalue weighted by Crippen LogP contribution is 2.39. The van der Waals surface area contributed by atoms with Crippen LogP contribution in [0.15, 0.2) is 60.7 Å². The maximum absolute atomic E-state index is 6.09. The molecular formula is C18H20O4. The molecule has 3 rings (SSSR count). The van der Waals surface area contributed by atoms with Crippen molar-refractivity contribution in [3.05, 3.63) is 71.8 Å². The lowest BCUT2D eigenvalue weighted by molar-refractivity contribution is -0.389. The largest absolute Gasteiger partial charge is 0.347 e. The summed E-state index contributed by atoms with van der Waals surface area (Å²) in [6, 6.07) is 19.6. The summed E-state index contributed by atoms with van der Waals surface area (Å²) < 4.78 is 23.5. The molecule has 4 heteroatoms. The Balaban J connectivity index is 1.87. The van der Waals surface area contributed by atoms with Crippen LogP contribution < -0.4 is 0 Å². The molecule has 1 aliphatic rings. The highest BCUT2D eigenvalue weighted by Gasteiger charge is 2.47. The van der Waals surface area contributed by atoms with Crippen LogP contribution in [0, 0.1) is 0 Å². The third kappa shape index (κ3) is 2.55. The van der Waals surface area contributed by atoms with Gasteiger partial charge in [-0.2, -0.15) is 0 Å². The lowest BCUT2D eigenvalue weighted by atomic mass is 10.0. The molecule has 1 aliphatic heterocycles. The first-order chi connectivity index (χ1) is 10.7. The highest BCUT2D eigenvalue weighted by molar-refractivity contribution is 5.24. The molecule has 0 saturated carbocycles. The summed E-state index contributed by atoms with van der Waals surface area (Å²) in [6.07, 6.45) is 0. The van der Waals surface area contributed by atoms with Crippen molar-refractivity contribution in [1.29, 1.82) is 0 Å². The zero-order valence-corrected chi connectivity index (χ0v) is 12.8. The average molecular weight is 300 g/mol. The van der Waals surface area contributed by atoms with Crippen molar-refractivity contribution in [3.8, 4) is 0 Å². The van der Waals surface area contributed by atoms with Crippen molar-refractivity contribution in [3.63, 3.8) is 0 Å². The summed E-state index contributed by atoms with van der Waals surface area (Å²) >= 11 is 0. The van der Waals surface area contributed by atoms with E-state index in [0.29, 0.717) is 0 Å². The Morgan fingerprint density at radius 1 is 0.682 bits per heavy atom. The minimum atomic E-state index is -0.905. The van der Waals surface area contributed by atoms with Crippen LogP contribution in [0.5, 0.6) is 0 Å². The standard InChI is InChI=1S/C18H20O4/c1-19-17(15-9-5-3-6-10-15)13-22-18(20-2,14-21-17)16-11-7-4-8-12-16/h3-12H,13-14H2,1-2H3/t17-,18-/m1/s1. The fourth-order valence-corrected chi connectivity index (χ4v) is 2.70.